The molecule has 0 aliphatic rings. The van der Waals surface area contributed by atoms with Crippen LogP contribution in [0.25, 0.3) is 0 Å². The van der Waals surface area contributed by atoms with Crippen LogP contribution in [0.1, 0.15) is 11.8 Å². The van der Waals surface area contributed by atoms with Crippen LogP contribution in [0.3, 0.4) is 0 Å². The van der Waals surface area contributed by atoms with E-state index in [0.717, 1.165) is 6.42 Å². The van der Waals surface area contributed by atoms with Crippen LogP contribution in [0, 0.1) is 0 Å². The number of amides is 1. The van der Waals surface area contributed by atoms with Crippen LogP contribution < -0.4 is 5.32 Å². The van der Waals surface area contributed by atoms with Crippen LogP contribution in [-0.4, -0.2) is 11.9 Å². The van der Waals surface area contributed by atoms with Gasteiger partial charge in [0.15, 0.2) is 0 Å². The first-order valence-electron chi connectivity index (χ1n) is 4.17. The van der Waals surface area contributed by atoms with E-state index in [2.05, 4.69) is 18.0 Å². The van der Waals surface area contributed by atoms with Gasteiger partial charge in [0.1, 0.15) is 0 Å². The van der Waals surface area contributed by atoms with Crippen molar-refractivity contribution >= 4 is 17.2 Å². The number of hydrogen-bond acceptors (Lipinski definition) is 2. The van der Waals surface area contributed by atoms with Gasteiger partial charge in [0, 0.05) is 17.3 Å². The summed E-state index contributed by atoms with van der Waals surface area (Å²) in [6.07, 6.45) is 2.18. The van der Waals surface area contributed by atoms with Gasteiger partial charge < -0.3 is 5.32 Å². The normalized spacial score (nSPS) is 12.1. The molecule has 1 amide bonds. The fourth-order valence-corrected chi connectivity index (χ4v) is 1.92. The van der Waals surface area contributed by atoms with Gasteiger partial charge in [0.2, 0.25) is 5.91 Å². The van der Waals surface area contributed by atoms with Crippen molar-refractivity contribution < 1.29 is 4.79 Å². The number of rotatable bonds is 4. The Labute approximate surface area is 82.3 Å². The van der Waals surface area contributed by atoms with Crippen molar-refractivity contribution in [2.45, 2.75) is 19.4 Å². The van der Waals surface area contributed by atoms with Crippen molar-refractivity contribution in [3.63, 3.8) is 0 Å². The average Bonchev–Trinajstić information content (AvgIpc) is 2.56. The first-order chi connectivity index (χ1) is 6.22. The summed E-state index contributed by atoms with van der Waals surface area (Å²) in [5, 5.41) is 4.86. The van der Waals surface area contributed by atoms with E-state index < -0.39 is 0 Å². The number of hydrogen-bond donors (Lipinski definition) is 1. The molecule has 0 aliphatic carbocycles. The molecule has 3 heteroatoms. The molecule has 13 heavy (non-hydrogen) atoms. The molecule has 0 aliphatic heterocycles. The lowest BCUT2D eigenvalue weighted by atomic mass is 10.2. The summed E-state index contributed by atoms with van der Waals surface area (Å²) in [6, 6.07) is 4.26. The van der Waals surface area contributed by atoms with E-state index in [9.17, 15) is 4.79 Å². The minimum Gasteiger partial charge on any atom is -0.350 e. The molecule has 0 saturated carbocycles. The van der Waals surface area contributed by atoms with Crippen molar-refractivity contribution in [3.05, 3.63) is 35.0 Å². The van der Waals surface area contributed by atoms with Gasteiger partial charge >= 0.3 is 0 Å². The number of nitrogens with one attached hydrogen (secondary N) is 1. The average molecular weight is 195 g/mol. The van der Waals surface area contributed by atoms with Crippen LogP contribution in [0.4, 0.5) is 0 Å². The summed E-state index contributed by atoms with van der Waals surface area (Å²) >= 11 is 1.71. The van der Waals surface area contributed by atoms with E-state index in [1.54, 1.807) is 11.3 Å². The monoisotopic (exact) mass is 195 g/mol. The smallest absolute Gasteiger partial charge is 0.243 e. The minimum absolute atomic E-state index is 0.107. The molecule has 0 fully saturated rings. The van der Waals surface area contributed by atoms with Crippen molar-refractivity contribution in [3.8, 4) is 0 Å². The summed E-state index contributed by atoms with van der Waals surface area (Å²) in [4.78, 5) is 12.2. The van der Waals surface area contributed by atoms with Crippen LogP contribution in [-0.2, 0) is 11.2 Å². The Morgan fingerprint density at radius 3 is 3.15 bits per heavy atom. The van der Waals surface area contributed by atoms with Gasteiger partial charge in [-0.25, -0.2) is 0 Å². The van der Waals surface area contributed by atoms with Gasteiger partial charge in [-0.3, -0.25) is 4.79 Å². The Morgan fingerprint density at radius 2 is 2.62 bits per heavy atom. The van der Waals surface area contributed by atoms with E-state index >= 15 is 0 Å². The van der Waals surface area contributed by atoms with Crippen molar-refractivity contribution in [1.29, 1.82) is 0 Å². The maximum atomic E-state index is 10.9. The summed E-state index contributed by atoms with van der Waals surface area (Å²) in [6.45, 7) is 5.39. The Bertz CT molecular complexity index is 279. The summed E-state index contributed by atoms with van der Waals surface area (Å²) in [7, 11) is 0. The zero-order chi connectivity index (χ0) is 9.68. The molecule has 1 rings (SSSR count). The van der Waals surface area contributed by atoms with Gasteiger partial charge in [-0.1, -0.05) is 12.6 Å². The summed E-state index contributed by atoms with van der Waals surface area (Å²) in [5.74, 6) is -0.107. The van der Waals surface area contributed by atoms with Crippen molar-refractivity contribution in [2.75, 3.05) is 0 Å². The number of thiophene rings is 1. The number of carbonyl (C=O) groups is 1. The predicted molar refractivity (Wildman–Crippen MR) is 55.8 cm³/mol. The molecule has 0 spiro atoms. The highest BCUT2D eigenvalue weighted by Crippen LogP contribution is 2.10. The molecule has 0 radical (unpaired) electrons. The topological polar surface area (TPSA) is 29.1 Å². The Morgan fingerprint density at radius 1 is 1.85 bits per heavy atom. The first kappa shape index (κ1) is 9.99. The second-order valence-corrected chi connectivity index (χ2v) is 3.93. The first-order valence-corrected chi connectivity index (χ1v) is 5.05. The molecule has 2 nitrogen and oxygen atoms in total. The Balaban J connectivity index is 2.37. The molecular weight excluding hydrogens is 182 g/mol. The molecule has 0 bridgehead atoms. The summed E-state index contributed by atoms with van der Waals surface area (Å²) in [5.41, 5.74) is 0. The standard InChI is InChI=1S/C10H13NOS/c1-3-10(12)11-8(2)7-9-5-4-6-13-9/h3-6,8H,1,7H2,2H3,(H,11,12). The highest BCUT2D eigenvalue weighted by Gasteiger charge is 2.05. The molecule has 70 valence electrons. The maximum Gasteiger partial charge on any atom is 0.243 e. The molecule has 0 saturated heterocycles. The van der Waals surface area contributed by atoms with E-state index in [1.807, 2.05) is 18.4 Å². The molecular formula is C10H13NOS. The highest BCUT2D eigenvalue weighted by atomic mass is 32.1. The number of carbonyl (C=O) groups excluding carboxylic acids is 1. The quantitative estimate of drug-likeness (QED) is 0.731. The minimum atomic E-state index is -0.107. The molecule has 1 atom stereocenters. The second-order valence-electron chi connectivity index (χ2n) is 2.90. The zero-order valence-corrected chi connectivity index (χ0v) is 8.43. The van der Waals surface area contributed by atoms with Crippen LogP contribution >= 0.6 is 11.3 Å². The molecule has 1 aromatic rings. The SMILES string of the molecule is C=CC(=O)NC(C)Cc1cccs1. The predicted octanol–water partition coefficient (Wildman–Crippen LogP) is 1.98. The fourth-order valence-electron chi connectivity index (χ4n) is 1.08. The van der Waals surface area contributed by atoms with Crippen LogP contribution in [0.5, 0.6) is 0 Å². The summed E-state index contributed by atoms with van der Waals surface area (Å²) < 4.78 is 0. The third kappa shape index (κ3) is 3.42. The lowest BCUT2D eigenvalue weighted by Crippen LogP contribution is -2.32. The lowest BCUT2D eigenvalue weighted by molar-refractivity contribution is -0.117. The fraction of sp³-hybridized carbons (Fsp3) is 0.300. The highest BCUT2D eigenvalue weighted by molar-refractivity contribution is 7.09. The van der Waals surface area contributed by atoms with Gasteiger partial charge in [-0.15, -0.1) is 11.3 Å². The van der Waals surface area contributed by atoms with E-state index in [0.29, 0.717) is 0 Å². The zero-order valence-electron chi connectivity index (χ0n) is 7.62. The molecule has 0 aromatic carbocycles. The third-order valence-corrected chi connectivity index (χ3v) is 2.56. The Hall–Kier alpha value is -1.09. The van der Waals surface area contributed by atoms with Crippen molar-refractivity contribution in [2.24, 2.45) is 0 Å². The molecule has 1 unspecified atom stereocenters. The maximum absolute atomic E-state index is 10.9. The van der Waals surface area contributed by atoms with Crippen molar-refractivity contribution in [1.82, 2.24) is 5.32 Å². The van der Waals surface area contributed by atoms with Gasteiger partial charge in [0.05, 0.1) is 0 Å². The van der Waals surface area contributed by atoms with Crippen LogP contribution in [0.2, 0.25) is 0 Å². The van der Waals surface area contributed by atoms with Gasteiger partial charge in [-0.05, 0) is 24.4 Å². The van der Waals surface area contributed by atoms with Gasteiger partial charge in [-0.2, -0.15) is 0 Å². The molecule has 1 N–H and O–H groups in total. The van der Waals surface area contributed by atoms with Crippen LogP contribution in [0.15, 0.2) is 30.2 Å². The second kappa shape index (κ2) is 4.82. The Kier molecular flexibility index (Phi) is 3.71. The molecule has 1 heterocycles. The molecule has 1 aromatic heterocycles. The third-order valence-electron chi connectivity index (χ3n) is 1.66. The van der Waals surface area contributed by atoms with Gasteiger partial charge in [0.25, 0.3) is 0 Å². The van der Waals surface area contributed by atoms with E-state index in [-0.39, 0.29) is 11.9 Å². The van der Waals surface area contributed by atoms with E-state index in [4.69, 9.17) is 0 Å². The largest absolute Gasteiger partial charge is 0.350 e. The lowest BCUT2D eigenvalue weighted by Gasteiger charge is -2.10. The van der Waals surface area contributed by atoms with E-state index in [1.165, 1.54) is 11.0 Å².